The molecule has 3 aromatic rings. The summed E-state index contributed by atoms with van der Waals surface area (Å²) in [5.41, 5.74) is 0.602. The molecule has 1 aromatic heterocycles. The number of ether oxygens (including phenoxy) is 2. The minimum atomic E-state index is -1.51. The molecule has 3 fully saturated rings. The number of aromatic hydroxyl groups is 1. The maximum atomic E-state index is 15.5. The summed E-state index contributed by atoms with van der Waals surface area (Å²) in [7, 11) is 2.88. The smallest absolute Gasteiger partial charge is 0.310 e. The van der Waals surface area contributed by atoms with Crippen molar-refractivity contribution < 1.29 is 53.1 Å². The Labute approximate surface area is 463 Å². The number of epoxide rings is 1. The Morgan fingerprint density at radius 3 is 2.08 bits per heavy atom. The van der Waals surface area contributed by atoms with Crippen LogP contribution in [-0.2, 0) is 61.4 Å². The van der Waals surface area contributed by atoms with Crippen molar-refractivity contribution in [2.45, 2.75) is 181 Å². The van der Waals surface area contributed by atoms with Crippen molar-refractivity contribution in [2.75, 3.05) is 27.3 Å². The van der Waals surface area contributed by atoms with Gasteiger partial charge in [-0.05, 0) is 94.9 Å². The van der Waals surface area contributed by atoms with Crippen molar-refractivity contribution in [3.8, 4) is 5.75 Å². The molecule has 2 bridgehead atoms. The third-order valence-corrected chi connectivity index (χ3v) is 15.5. The average Bonchev–Trinajstić information content (AvgIpc) is 4.32. The lowest BCUT2D eigenvalue weighted by atomic mass is 9.88. The van der Waals surface area contributed by atoms with Crippen molar-refractivity contribution in [2.24, 2.45) is 17.8 Å². The summed E-state index contributed by atoms with van der Waals surface area (Å²) < 4.78 is 14.3. The SMILES string of the molecule is C/C=C/C[C@@H]1NC(=O)[C@H](CC(C)C)N2C(=O)[C@H](C[C@@H](C)[C@@H]2OCCCC)N(C)C(=O)[C@H](C)NC(=O)[C@H](Cc2ccc(O)c([N+](=O)[O-])c2)NC(=O)[C@H](CC(C)C)N(C)C(=O)[C@H](Cc2cn(C(C)(C)[C@H]3CO3)c3ccccc23)NC1=O. The lowest BCUT2D eigenvalue weighted by molar-refractivity contribution is -0.385. The molecule has 79 heavy (non-hydrogen) atoms. The number of nitrogens with one attached hydrogen (secondary N) is 4. The standard InChI is InChI=1S/C58H83N9O12/c1-13-15-20-40-50(69)62-42(30-38-31-65(58(9,10)49-32-79-49)43-21-18-17-19-39(38)43)55(74)63(11)45(25-33(3)4)52(71)61-41(28-37-22-23-48(68)44(29-37)67(76)77)51(70)59-36(8)54(73)64(12)47-27-35(7)57(78-24-16-14-2)66(56(47)75)46(26-34(5)6)53(72)60-40/h13,15,17-19,21-23,29,31,33-36,40-42,45-47,49,57,68H,14,16,20,24-28,30,32H2,1-12H3,(H,59,70)(H,60,72)(H,61,71)(H,62,69)/b15-13+/t35-,36+,40+,41+,42+,45+,46+,47+,49-,57+/m1/s1. The van der Waals surface area contributed by atoms with E-state index in [2.05, 4.69) is 39.7 Å². The van der Waals surface area contributed by atoms with Crippen molar-refractivity contribution in [3.63, 3.8) is 0 Å². The Bertz CT molecular complexity index is 2750. The largest absolute Gasteiger partial charge is 0.502 e. The highest BCUT2D eigenvalue weighted by Crippen LogP contribution is 2.37. The van der Waals surface area contributed by atoms with E-state index in [1.165, 1.54) is 41.8 Å². The first-order valence-electron chi connectivity index (χ1n) is 27.8. The second kappa shape index (κ2) is 26.4. The highest BCUT2D eigenvalue weighted by atomic mass is 16.6. The molecule has 10 atom stereocenters. The number of piperidine rings is 1. The first kappa shape index (κ1) is 61.3. The minimum Gasteiger partial charge on any atom is -0.502 e. The number of allylic oxidation sites excluding steroid dienone is 1. The molecule has 21 heteroatoms. The van der Waals surface area contributed by atoms with E-state index in [-0.39, 0.29) is 68.6 Å². The lowest BCUT2D eigenvalue weighted by Crippen LogP contribution is -2.67. The van der Waals surface area contributed by atoms with Gasteiger partial charge in [-0.15, -0.1) is 0 Å². The Morgan fingerprint density at radius 1 is 0.823 bits per heavy atom. The van der Waals surface area contributed by atoms with Gasteiger partial charge in [0.15, 0.2) is 5.75 Å². The molecule has 3 saturated heterocycles. The van der Waals surface area contributed by atoms with Crippen LogP contribution in [0.3, 0.4) is 0 Å². The quantitative estimate of drug-likeness (QED) is 0.0382. The van der Waals surface area contributed by atoms with Crippen LogP contribution in [0.2, 0.25) is 0 Å². The predicted molar refractivity (Wildman–Crippen MR) is 297 cm³/mol. The molecule has 3 aliphatic rings. The Hall–Kier alpha value is -6.87. The number of para-hydroxylation sites is 1. The molecule has 0 unspecified atom stereocenters. The van der Waals surface area contributed by atoms with Gasteiger partial charge in [0.05, 0.1) is 17.1 Å². The highest BCUT2D eigenvalue weighted by Gasteiger charge is 2.49. The molecule has 0 radical (unpaired) electrons. The number of hydrogen-bond acceptors (Lipinski definition) is 12. The molecule has 3 aliphatic heterocycles. The van der Waals surface area contributed by atoms with Gasteiger partial charge in [-0.25, -0.2) is 0 Å². The van der Waals surface area contributed by atoms with E-state index in [4.69, 9.17) is 9.47 Å². The van der Waals surface area contributed by atoms with Crippen LogP contribution in [0, 0.1) is 27.9 Å². The number of hydrogen-bond donors (Lipinski definition) is 5. The van der Waals surface area contributed by atoms with E-state index in [0.717, 1.165) is 29.5 Å². The number of phenols is 1. The topological polar surface area (TPSA) is 267 Å². The van der Waals surface area contributed by atoms with Gasteiger partial charge >= 0.3 is 5.69 Å². The summed E-state index contributed by atoms with van der Waals surface area (Å²) in [4.78, 5) is 120. The Balaban J connectivity index is 1.53. The lowest BCUT2D eigenvalue weighted by Gasteiger charge is -2.48. The highest BCUT2D eigenvalue weighted by molar-refractivity contribution is 5.99. The van der Waals surface area contributed by atoms with Crippen LogP contribution in [0.4, 0.5) is 5.69 Å². The zero-order valence-corrected chi connectivity index (χ0v) is 47.9. The number of amides is 7. The van der Waals surface area contributed by atoms with Crippen molar-refractivity contribution in [1.82, 2.24) is 40.5 Å². The Morgan fingerprint density at radius 2 is 1.44 bits per heavy atom. The number of rotatable bonds is 17. The molecule has 0 spiro atoms. The van der Waals surface area contributed by atoms with Crippen LogP contribution in [0.1, 0.15) is 119 Å². The van der Waals surface area contributed by atoms with Crippen molar-refractivity contribution >= 4 is 57.9 Å². The van der Waals surface area contributed by atoms with Crippen LogP contribution in [-0.4, -0.2) is 153 Å². The molecule has 0 aliphatic carbocycles. The summed E-state index contributed by atoms with van der Waals surface area (Å²) in [5, 5.41) is 34.5. The second-order valence-electron chi connectivity index (χ2n) is 23.0. The minimum absolute atomic E-state index is 0.00236. The van der Waals surface area contributed by atoms with Gasteiger partial charge in [-0.1, -0.05) is 84.4 Å². The third kappa shape index (κ3) is 14.5. The van der Waals surface area contributed by atoms with Gasteiger partial charge in [0.2, 0.25) is 41.4 Å². The molecule has 21 nitrogen and oxygen atoms in total. The van der Waals surface area contributed by atoms with Gasteiger partial charge < -0.3 is 55.1 Å². The maximum Gasteiger partial charge on any atom is 0.310 e. The van der Waals surface area contributed by atoms with E-state index in [1.807, 2.05) is 72.0 Å². The number of nitro benzene ring substituents is 1. The fourth-order valence-electron chi connectivity index (χ4n) is 10.8. The molecule has 0 saturated carbocycles. The second-order valence-corrected chi connectivity index (χ2v) is 23.0. The van der Waals surface area contributed by atoms with Crippen LogP contribution >= 0.6 is 0 Å². The molecular formula is C58H83N9O12. The number of likely N-dealkylation sites (N-methyl/N-ethyl adjacent to an activating group) is 2. The molecule has 5 N–H and O–H groups in total. The normalized spacial score (nSPS) is 26.4. The first-order valence-corrected chi connectivity index (χ1v) is 27.8. The first-order chi connectivity index (χ1) is 37.3. The fraction of sp³-hybridized carbons (Fsp3) is 0.603. The van der Waals surface area contributed by atoms with Gasteiger partial charge in [0, 0.05) is 62.6 Å². The molecule has 432 valence electrons. The van der Waals surface area contributed by atoms with Crippen molar-refractivity contribution in [1.29, 1.82) is 0 Å². The number of phenolic OH excluding ortho intramolecular Hbond substituents is 1. The monoisotopic (exact) mass is 1100 g/mol. The van der Waals surface area contributed by atoms with Crippen LogP contribution in [0.25, 0.3) is 10.9 Å². The number of nitro groups is 1. The van der Waals surface area contributed by atoms with E-state index < -0.39 is 118 Å². The van der Waals surface area contributed by atoms with Crippen molar-refractivity contribution in [3.05, 3.63) is 82.1 Å². The number of aromatic nitrogens is 1. The third-order valence-electron chi connectivity index (χ3n) is 15.5. The van der Waals surface area contributed by atoms with Gasteiger partial charge in [-0.3, -0.25) is 43.7 Å². The van der Waals surface area contributed by atoms with Crippen LogP contribution in [0.15, 0.2) is 60.8 Å². The number of benzene rings is 2. The molecule has 2 aromatic carbocycles. The van der Waals surface area contributed by atoms with E-state index >= 15 is 19.2 Å². The van der Waals surface area contributed by atoms with Gasteiger partial charge in [-0.2, -0.15) is 0 Å². The molecule has 7 amide bonds. The number of carbonyl (C=O) groups is 7. The van der Waals surface area contributed by atoms with Gasteiger partial charge in [0.1, 0.15) is 54.6 Å². The average molecular weight is 1100 g/mol. The van der Waals surface area contributed by atoms with Crippen LogP contribution in [0.5, 0.6) is 5.75 Å². The summed E-state index contributed by atoms with van der Waals surface area (Å²) in [6, 6.07) is 2.19. The summed E-state index contributed by atoms with van der Waals surface area (Å²) in [6.45, 7) is 19.6. The predicted octanol–water partition coefficient (Wildman–Crippen LogP) is 5.24. The van der Waals surface area contributed by atoms with Crippen LogP contribution < -0.4 is 21.3 Å². The van der Waals surface area contributed by atoms with E-state index in [9.17, 15) is 29.6 Å². The summed E-state index contributed by atoms with van der Waals surface area (Å²) in [6.07, 6.45) is 5.83. The summed E-state index contributed by atoms with van der Waals surface area (Å²) in [5.74, 6) is -6.32. The van der Waals surface area contributed by atoms with Gasteiger partial charge in [0.25, 0.3) is 0 Å². The molecular weight excluding hydrogens is 1010 g/mol. The number of fused-ring (bicyclic) bond motifs is 3. The Kier molecular flexibility index (Phi) is 20.5. The zero-order chi connectivity index (χ0) is 58.2. The van der Waals surface area contributed by atoms with E-state index in [0.29, 0.717) is 18.6 Å². The number of nitrogens with zero attached hydrogens (tertiary/aromatic N) is 5. The summed E-state index contributed by atoms with van der Waals surface area (Å²) >= 11 is 0. The number of carbonyl (C=O) groups excluding carboxylic acids is 7. The molecule has 4 heterocycles. The maximum absolute atomic E-state index is 15.5. The number of unbranched alkanes of at least 4 members (excludes halogenated alkanes) is 1. The fourth-order valence-corrected chi connectivity index (χ4v) is 10.8. The van der Waals surface area contributed by atoms with E-state index in [1.54, 1.807) is 19.1 Å². The zero-order valence-electron chi connectivity index (χ0n) is 47.9. The molecule has 6 rings (SSSR count).